The maximum Gasteiger partial charge on any atom is 0.274 e. The monoisotopic (exact) mass is 284 g/mol. The lowest BCUT2D eigenvalue weighted by atomic mass is 10.1. The van der Waals surface area contributed by atoms with Crippen molar-refractivity contribution >= 4 is 16.7 Å². The van der Waals surface area contributed by atoms with Crippen LogP contribution in [0.2, 0.25) is 0 Å². The number of nitrogens with zero attached hydrogens (tertiary/aromatic N) is 4. The fraction of sp³-hybridized carbons (Fsp3) is 0.143. The van der Waals surface area contributed by atoms with Gasteiger partial charge in [-0.2, -0.15) is 0 Å². The first-order chi connectivity index (χ1) is 9.97. The number of aryl methyl sites for hydroxylation is 2. The molecule has 3 aromatic rings. The number of aromatic nitrogens is 3. The van der Waals surface area contributed by atoms with Crippen LogP contribution in [-0.2, 0) is 0 Å². The minimum Gasteiger partial charge on any atom is -0.692 e. The molecule has 0 bridgehead atoms. The van der Waals surface area contributed by atoms with Crippen molar-refractivity contribution < 1.29 is 9.77 Å². The lowest BCUT2D eigenvalue weighted by molar-refractivity contribution is -0.664. The molecule has 0 aliphatic rings. The molecule has 2 aromatic carbocycles. The number of rotatable bonds is 2. The van der Waals surface area contributed by atoms with Crippen molar-refractivity contribution in [3.63, 3.8) is 0 Å². The summed E-state index contributed by atoms with van der Waals surface area (Å²) in [5, 5.41) is 27.4. The molecule has 7 heteroatoms. The highest BCUT2D eigenvalue weighted by Crippen LogP contribution is 2.19. The van der Waals surface area contributed by atoms with Gasteiger partial charge in [0.05, 0.1) is 16.1 Å². The molecule has 0 N–H and O–H groups in total. The Balaban J connectivity index is 2.27. The number of nitro groups is 1. The van der Waals surface area contributed by atoms with Crippen LogP contribution in [0.3, 0.4) is 0 Å². The number of fused-ring (bicyclic) bond motifs is 1. The van der Waals surface area contributed by atoms with Crippen LogP contribution in [0, 0.1) is 29.2 Å². The molecule has 21 heavy (non-hydrogen) atoms. The summed E-state index contributed by atoms with van der Waals surface area (Å²) in [4.78, 5) is 12.1. The summed E-state index contributed by atoms with van der Waals surface area (Å²) in [6.07, 6.45) is 0. The van der Waals surface area contributed by atoms with Gasteiger partial charge in [-0.15, -0.1) is 4.85 Å². The summed E-state index contributed by atoms with van der Waals surface area (Å²) < 4.78 is 0. The zero-order chi connectivity index (χ0) is 15.1. The molecule has 0 aliphatic carbocycles. The van der Waals surface area contributed by atoms with Gasteiger partial charge >= 0.3 is 0 Å². The molecule has 0 unspecified atom stereocenters. The third-order valence-electron chi connectivity index (χ3n) is 3.33. The van der Waals surface area contributed by atoms with E-state index in [2.05, 4.69) is 5.10 Å². The van der Waals surface area contributed by atoms with Gasteiger partial charge in [0.25, 0.3) is 11.2 Å². The minimum absolute atomic E-state index is 0.132. The van der Waals surface area contributed by atoms with E-state index < -0.39 is 4.92 Å². The Labute approximate surface area is 119 Å². The molecule has 0 saturated carbocycles. The predicted octanol–water partition coefficient (Wildman–Crippen LogP) is 2.18. The highest BCUT2D eigenvalue weighted by molar-refractivity contribution is 5.73. The molecule has 3 rings (SSSR count). The van der Waals surface area contributed by atoms with Crippen LogP contribution in [0.1, 0.15) is 11.1 Å². The van der Waals surface area contributed by atoms with Crippen molar-refractivity contribution in [2.24, 2.45) is 0 Å². The quantitative estimate of drug-likeness (QED) is 0.312. The average molecular weight is 284 g/mol. The molecule has 106 valence electrons. The van der Waals surface area contributed by atoms with Gasteiger partial charge in [-0.25, -0.2) is 0 Å². The van der Waals surface area contributed by atoms with Crippen LogP contribution in [0.15, 0.2) is 36.4 Å². The summed E-state index contributed by atoms with van der Waals surface area (Å²) in [5.41, 5.74) is 3.01. The zero-order valence-corrected chi connectivity index (χ0v) is 11.5. The number of hydrogen-bond acceptors (Lipinski definition) is 4. The number of nitro benzene ring substituents is 1. The second-order valence-corrected chi connectivity index (χ2v) is 4.88. The second kappa shape index (κ2) is 4.55. The molecule has 0 amide bonds. The average Bonchev–Trinajstić information content (AvgIpc) is 2.78. The summed E-state index contributed by atoms with van der Waals surface area (Å²) in [7, 11) is 0. The smallest absolute Gasteiger partial charge is 0.274 e. The van der Waals surface area contributed by atoms with Crippen LogP contribution in [-0.4, -0.2) is 14.8 Å². The van der Waals surface area contributed by atoms with Gasteiger partial charge < -0.3 is 5.21 Å². The fourth-order valence-electron chi connectivity index (χ4n) is 2.19. The molecule has 7 nitrogen and oxygen atoms in total. The largest absolute Gasteiger partial charge is 0.692 e. The van der Waals surface area contributed by atoms with Gasteiger partial charge in [0, 0.05) is 12.1 Å². The van der Waals surface area contributed by atoms with Gasteiger partial charge in [-0.3, -0.25) is 10.1 Å². The van der Waals surface area contributed by atoms with Crippen LogP contribution < -0.4 is 4.85 Å². The Morgan fingerprint density at radius 3 is 2.67 bits per heavy atom. The third kappa shape index (κ3) is 2.08. The van der Waals surface area contributed by atoms with Crippen molar-refractivity contribution in [2.45, 2.75) is 13.8 Å². The van der Waals surface area contributed by atoms with E-state index in [4.69, 9.17) is 0 Å². The topological polar surface area (TPSA) is 87.9 Å². The number of benzene rings is 2. The lowest BCUT2D eigenvalue weighted by Gasteiger charge is -2.07. The van der Waals surface area contributed by atoms with Crippen molar-refractivity contribution in [1.82, 2.24) is 9.90 Å². The van der Waals surface area contributed by atoms with Gasteiger partial charge in [0.1, 0.15) is 5.69 Å². The predicted molar refractivity (Wildman–Crippen MR) is 76.2 cm³/mol. The number of non-ortho nitro benzene ring substituents is 1. The Kier molecular flexibility index (Phi) is 2.83. The Morgan fingerprint density at radius 1 is 1.19 bits per heavy atom. The Morgan fingerprint density at radius 2 is 1.95 bits per heavy atom. The van der Waals surface area contributed by atoms with Crippen LogP contribution >= 0.6 is 0 Å². The summed E-state index contributed by atoms with van der Waals surface area (Å²) in [5.74, 6) is 0. The van der Waals surface area contributed by atoms with Gasteiger partial charge in [0.2, 0.25) is 5.52 Å². The molecular formula is C14H12N4O3. The van der Waals surface area contributed by atoms with E-state index in [1.54, 1.807) is 0 Å². The molecule has 1 heterocycles. The summed E-state index contributed by atoms with van der Waals surface area (Å²) in [6.45, 7) is 3.80. The molecule has 1 aromatic heterocycles. The van der Waals surface area contributed by atoms with Crippen LogP contribution in [0.5, 0.6) is 0 Å². The molecular weight excluding hydrogens is 272 g/mol. The normalized spacial score (nSPS) is 11.0. The van der Waals surface area contributed by atoms with Gasteiger partial charge in [-0.1, -0.05) is 12.1 Å². The van der Waals surface area contributed by atoms with Crippen molar-refractivity contribution in [3.05, 3.63) is 62.8 Å². The highest BCUT2D eigenvalue weighted by Gasteiger charge is 2.20. The first-order valence-electron chi connectivity index (χ1n) is 6.32. The van der Waals surface area contributed by atoms with Crippen molar-refractivity contribution in [1.29, 1.82) is 0 Å². The van der Waals surface area contributed by atoms with Gasteiger partial charge in [-0.05, 0) is 35.8 Å². The maximum absolute atomic E-state index is 12.4. The van der Waals surface area contributed by atoms with Crippen molar-refractivity contribution in [2.75, 3.05) is 0 Å². The molecule has 0 radical (unpaired) electrons. The molecule has 0 atom stereocenters. The molecule has 0 fully saturated rings. The fourth-order valence-corrected chi connectivity index (χ4v) is 2.19. The van der Waals surface area contributed by atoms with E-state index >= 15 is 0 Å². The SMILES string of the molecule is Cc1ccc(C)c(-n2nc3ccc([N+](=O)[O-])cc3[n+]2[O-])c1. The first-order valence-corrected chi connectivity index (χ1v) is 6.32. The first kappa shape index (κ1) is 13.0. The molecule has 0 aliphatic heterocycles. The van der Waals surface area contributed by atoms with E-state index in [-0.39, 0.29) is 11.2 Å². The lowest BCUT2D eigenvalue weighted by Crippen LogP contribution is -2.37. The summed E-state index contributed by atoms with van der Waals surface area (Å²) >= 11 is 0. The van der Waals surface area contributed by atoms with E-state index in [0.29, 0.717) is 16.0 Å². The van der Waals surface area contributed by atoms with Gasteiger partial charge in [0.15, 0.2) is 0 Å². The van der Waals surface area contributed by atoms with E-state index in [1.807, 2.05) is 32.0 Å². The third-order valence-corrected chi connectivity index (χ3v) is 3.33. The van der Waals surface area contributed by atoms with Crippen LogP contribution in [0.4, 0.5) is 5.69 Å². The van der Waals surface area contributed by atoms with Crippen LogP contribution in [0.25, 0.3) is 16.7 Å². The van der Waals surface area contributed by atoms with E-state index in [9.17, 15) is 15.3 Å². The Bertz CT molecular complexity index is 870. The van der Waals surface area contributed by atoms with E-state index in [1.165, 1.54) is 23.0 Å². The highest BCUT2D eigenvalue weighted by atomic mass is 16.6. The maximum atomic E-state index is 12.4. The van der Waals surface area contributed by atoms with E-state index in [0.717, 1.165) is 11.1 Å². The molecule has 0 saturated heterocycles. The second-order valence-electron chi connectivity index (χ2n) is 4.88. The Hall–Kier alpha value is -2.96. The number of hydrogen-bond donors (Lipinski definition) is 0. The standard InChI is InChI=1S/C14H12N4O3/c1-9-3-4-10(2)13(7-9)16-15-12-6-5-11(18(20)21)8-14(12)17(16)19/h3-8H,1-2H3. The minimum atomic E-state index is -0.533. The zero-order valence-electron chi connectivity index (χ0n) is 11.5. The summed E-state index contributed by atoms with van der Waals surface area (Å²) in [6, 6.07) is 9.74. The molecule has 0 spiro atoms. The van der Waals surface area contributed by atoms with Crippen molar-refractivity contribution in [3.8, 4) is 5.69 Å².